The van der Waals surface area contributed by atoms with Gasteiger partial charge in [-0.25, -0.2) is 29.3 Å². The largest absolute Gasteiger partial charge is 0.479 e. The van der Waals surface area contributed by atoms with Gasteiger partial charge in [0, 0.05) is 25.2 Å². The second-order valence-electron chi connectivity index (χ2n) is 9.73. The van der Waals surface area contributed by atoms with E-state index in [2.05, 4.69) is 54.1 Å². The lowest BCUT2D eigenvalue weighted by Crippen LogP contribution is -2.42. The zero-order valence-corrected chi connectivity index (χ0v) is 21.8. The molecule has 10 nitrogen and oxygen atoms in total. The number of fused-ring (bicyclic) bond motifs is 1. The molecule has 0 radical (unpaired) electrons. The van der Waals surface area contributed by atoms with Crippen LogP contribution in [0.15, 0.2) is 36.9 Å². The van der Waals surface area contributed by atoms with Gasteiger partial charge in [-0.1, -0.05) is 0 Å². The molecule has 5 rings (SSSR count). The summed E-state index contributed by atoms with van der Waals surface area (Å²) in [6, 6.07) is 6.46. The maximum Gasteiger partial charge on any atom is 0.242 e. The summed E-state index contributed by atoms with van der Waals surface area (Å²) in [4.78, 5) is 26.6. The Balaban J connectivity index is 1.38. The van der Waals surface area contributed by atoms with Crippen LogP contribution in [-0.2, 0) is 0 Å². The van der Waals surface area contributed by atoms with Crippen LogP contribution in [0.5, 0.6) is 5.88 Å². The molecule has 194 valence electrons. The van der Waals surface area contributed by atoms with Gasteiger partial charge in [0.2, 0.25) is 11.8 Å². The molecule has 0 amide bonds. The Kier molecular flexibility index (Phi) is 6.88. The maximum absolute atomic E-state index is 14.9. The summed E-state index contributed by atoms with van der Waals surface area (Å²) >= 11 is 0. The van der Waals surface area contributed by atoms with E-state index >= 15 is 0 Å². The molecule has 0 aliphatic carbocycles. The smallest absolute Gasteiger partial charge is 0.242 e. The van der Waals surface area contributed by atoms with Gasteiger partial charge in [-0.2, -0.15) is 0 Å². The average molecular weight is 506 g/mol. The van der Waals surface area contributed by atoms with Crippen molar-refractivity contribution < 1.29 is 9.13 Å². The van der Waals surface area contributed by atoms with Crippen molar-refractivity contribution in [3.8, 4) is 17.3 Å². The predicted molar refractivity (Wildman–Crippen MR) is 142 cm³/mol. The van der Waals surface area contributed by atoms with Crippen molar-refractivity contribution >= 4 is 28.5 Å². The Morgan fingerprint density at radius 1 is 1.08 bits per heavy atom. The summed E-state index contributed by atoms with van der Waals surface area (Å²) in [5.74, 6) is 0.524. The summed E-state index contributed by atoms with van der Waals surface area (Å²) in [5.41, 5.74) is 2.88. The number of rotatable bonds is 7. The lowest BCUT2D eigenvalue weighted by Gasteiger charge is -2.36. The predicted octanol–water partition coefficient (Wildman–Crippen LogP) is 4.29. The van der Waals surface area contributed by atoms with Crippen molar-refractivity contribution in [2.75, 3.05) is 44.5 Å². The van der Waals surface area contributed by atoms with Crippen LogP contribution in [0, 0.1) is 5.82 Å². The van der Waals surface area contributed by atoms with E-state index < -0.39 is 5.82 Å². The number of pyridine rings is 2. The topological polar surface area (TPSA) is 97.1 Å². The van der Waals surface area contributed by atoms with E-state index in [1.165, 1.54) is 7.11 Å². The van der Waals surface area contributed by atoms with E-state index in [9.17, 15) is 4.39 Å². The molecule has 4 aromatic heterocycles. The first-order valence-corrected chi connectivity index (χ1v) is 12.4. The van der Waals surface area contributed by atoms with E-state index in [0.717, 1.165) is 43.3 Å². The molecule has 0 saturated carbocycles. The quantitative estimate of drug-likeness (QED) is 0.395. The molecule has 1 N–H and O–H groups in total. The number of piperidine rings is 1. The second kappa shape index (κ2) is 10.3. The van der Waals surface area contributed by atoms with Crippen LogP contribution < -0.4 is 15.0 Å². The summed E-state index contributed by atoms with van der Waals surface area (Å²) in [5, 5.41) is 3.08. The number of halogens is 1. The fraction of sp³-hybridized carbons (Fsp3) is 0.423. The number of aromatic nitrogens is 6. The Labute approximate surface area is 215 Å². The lowest BCUT2D eigenvalue weighted by atomic mass is 10.0. The number of nitrogens with one attached hydrogen (secondary N) is 1. The molecule has 1 aliphatic heterocycles. The van der Waals surface area contributed by atoms with Gasteiger partial charge in [0.25, 0.3) is 0 Å². The highest BCUT2D eigenvalue weighted by molar-refractivity contribution is 5.84. The van der Waals surface area contributed by atoms with Gasteiger partial charge < -0.3 is 24.4 Å². The van der Waals surface area contributed by atoms with Gasteiger partial charge in [0.15, 0.2) is 11.3 Å². The number of methoxy groups -OCH3 is 1. The Morgan fingerprint density at radius 2 is 1.86 bits per heavy atom. The molecular formula is C26H32FN9O. The van der Waals surface area contributed by atoms with E-state index in [4.69, 9.17) is 4.74 Å². The Bertz CT molecular complexity index is 1380. The third-order valence-corrected chi connectivity index (χ3v) is 6.81. The SMILES string of the molecule is COc1nc(-c2nc(Nc3ccc(N4CCC(N(C)C)CC4)cn3)ncc2F)cc2c1ncn2C(C)C. The number of anilines is 3. The maximum atomic E-state index is 14.9. The highest BCUT2D eigenvalue weighted by atomic mass is 19.1. The molecule has 1 fully saturated rings. The van der Waals surface area contributed by atoms with Gasteiger partial charge >= 0.3 is 0 Å². The molecule has 0 atom stereocenters. The number of nitrogens with zero attached hydrogens (tertiary/aromatic N) is 8. The first-order chi connectivity index (χ1) is 17.8. The molecule has 11 heteroatoms. The molecular weight excluding hydrogens is 473 g/mol. The second-order valence-corrected chi connectivity index (χ2v) is 9.73. The zero-order valence-electron chi connectivity index (χ0n) is 21.8. The first-order valence-electron chi connectivity index (χ1n) is 12.4. The summed E-state index contributed by atoms with van der Waals surface area (Å²) in [7, 11) is 5.79. The monoisotopic (exact) mass is 505 g/mol. The van der Waals surface area contributed by atoms with E-state index in [-0.39, 0.29) is 17.7 Å². The summed E-state index contributed by atoms with van der Waals surface area (Å²) in [6.45, 7) is 6.09. The van der Waals surface area contributed by atoms with Crippen molar-refractivity contribution in [3.05, 3.63) is 42.7 Å². The van der Waals surface area contributed by atoms with Crippen LogP contribution in [0.4, 0.5) is 21.8 Å². The molecule has 5 heterocycles. The van der Waals surface area contributed by atoms with Gasteiger partial charge in [0.1, 0.15) is 11.5 Å². The minimum Gasteiger partial charge on any atom is -0.479 e. The van der Waals surface area contributed by atoms with Crippen molar-refractivity contribution in [2.24, 2.45) is 0 Å². The molecule has 1 aliphatic rings. The van der Waals surface area contributed by atoms with Gasteiger partial charge in [-0.3, -0.25) is 0 Å². The third-order valence-electron chi connectivity index (χ3n) is 6.81. The number of hydrogen-bond acceptors (Lipinski definition) is 9. The minimum atomic E-state index is -0.584. The molecule has 0 spiro atoms. The van der Waals surface area contributed by atoms with Crippen LogP contribution in [0.3, 0.4) is 0 Å². The third kappa shape index (κ3) is 5.04. The van der Waals surface area contributed by atoms with Gasteiger partial charge in [-0.15, -0.1) is 0 Å². The van der Waals surface area contributed by atoms with E-state index in [0.29, 0.717) is 29.0 Å². The first kappa shape index (κ1) is 24.8. The number of hydrogen-bond donors (Lipinski definition) is 1. The molecule has 0 aromatic carbocycles. The van der Waals surface area contributed by atoms with Crippen LogP contribution in [0.25, 0.3) is 22.4 Å². The summed E-state index contributed by atoms with van der Waals surface area (Å²) in [6.07, 6.45) is 6.96. The van der Waals surface area contributed by atoms with E-state index in [1.54, 1.807) is 12.4 Å². The highest BCUT2D eigenvalue weighted by Crippen LogP contribution is 2.31. The number of ether oxygens (including phenoxy) is 1. The molecule has 1 saturated heterocycles. The zero-order chi connectivity index (χ0) is 26.1. The van der Waals surface area contributed by atoms with Gasteiger partial charge in [-0.05, 0) is 59.0 Å². The van der Waals surface area contributed by atoms with Crippen molar-refractivity contribution in [2.45, 2.75) is 38.8 Å². The van der Waals surface area contributed by atoms with Crippen molar-refractivity contribution in [1.29, 1.82) is 0 Å². The molecule has 0 unspecified atom stereocenters. The highest BCUT2D eigenvalue weighted by Gasteiger charge is 2.21. The van der Waals surface area contributed by atoms with Crippen LogP contribution in [-0.4, -0.2) is 74.7 Å². The standard InChI is InChI=1S/C26H32FN9O/c1-16(2)36-15-30-24-21(36)12-20(31-25(24)37-5)23-19(27)14-29-26(33-23)32-22-7-6-18(13-28-22)35-10-8-17(9-11-35)34(3)4/h6-7,12-17H,8-11H2,1-5H3,(H,28,29,32,33). The number of imidazole rings is 1. The fourth-order valence-corrected chi connectivity index (χ4v) is 4.69. The summed E-state index contributed by atoms with van der Waals surface area (Å²) < 4.78 is 22.3. The molecule has 0 bridgehead atoms. The molecule has 4 aromatic rings. The fourth-order valence-electron chi connectivity index (χ4n) is 4.69. The van der Waals surface area contributed by atoms with E-state index in [1.807, 2.05) is 36.7 Å². The average Bonchev–Trinajstić information content (AvgIpc) is 3.34. The van der Waals surface area contributed by atoms with Gasteiger partial charge in [0.05, 0.1) is 42.7 Å². The van der Waals surface area contributed by atoms with Crippen LogP contribution in [0.1, 0.15) is 32.7 Å². The minimum absolute atomic E-state index is 0.0644. The van der Waals surface area contributed by atoms with Crippen molar-refractivity contribution in [3.63, 3.8) is 0 Å². The van der Waals surface area contributed by atoms with Crippen molar-refractivity contribution in [1.82, 2.24) is 34.4 Å². The Morgan fingerprint density at radius 3 is 2.51 bits per heavy atom. The lowest BCUT2D eigenvalue weighted by molar-refractivity contribution is 0.249. The Hall–Kier alpha value is -3.86. The normalized spacial score (nSPS) is 14.6. The molecule has 37 heavy (non-hydrogen) atoms. The van der Waals surface area contributed by atoms with Crippen LogP contribution >= 0.6 is 0 Å². The van der Waals surface area contributed by atoms with Crippen LogP contribution in [0.2, 0.25) is 0 Å².